The summed E-state index contributed by atoms with van der Waals surface area (Å²) in [6, 6.07) is 3.68. The number of hydrogen-bond acceptors (Lipinski definition) is 3. The molecule has 2 rings (SSSR count). The minimum absolute atomic E-state index is 0.779. The first-order valence-electron chi connectivity index (χ1n) is 3.21. The van der Waals surface area contributed by atoms with Gasteiger partial charge in [-0.15, -0.1) is 0 Å². The van der Waals surface area contributed by atoms with Gasteiger partial charge in [0.2, 0.25) is 0 Å². The maximum Gasteiger partial charge on any atom is 0.134 e. The van der Waals surface area contributed by atoms with Crippen LogP contribution in [0.15, 0.2) is 26.8 Å². The number of ether oxygens (including phenoxy) is 1. The average Bonchev–Trinajstić information content (AvgIpc) is 2.76. The monoisotopic (exact) mass is 264 g/mol. The summed E-state index contributed by atoms with van der Waals surface area (Å²) in [5.41, 5.74) is 0. The Balaban J connectivity index is 2.57. The van der Waals surface area contributed by atoms with Crippen LogP contribution < -0.4 is 4.74 Å². The highest BCUT2D eigenvalue weighted by molar-refractivity contribution is 9.50. The third-order valence-electron chi connectivity index (χ3n) is 1.68. The molecule has 12 heavy (non-hydrogen) atoms. The van der Waals surface area contributed by atoms with Gasteiger partial charge in [-0.05, 0) is 37.1 Å². The largest absolute Gasteiger partial charge is 0.496 e. The normalized spacial score (nSPS) is 18.7. The van der Waals surface area contributed by atoms with Crippen LogP contribution in [-0.4, -0.2) is 11.3 Å². The first-order valence-corrected chi connectivity index (χ1v) is 7.02. The number of fused-ring (bicyclic) bond motifs is 1. The fraction of sp³-hybridized carbons (Fsp3) is 0.143. The Morgan fingerprint density at radius 3 is 2.92 bits per heavy atom. The lowest BCUT2D eigenvalue weighted by molar-refractivity contribution is 0.402. The lowest BCUT2D eigenvalue weighted by atomic mass is 10.3. The van der Waals surface area contributed by atoms with E-state index >= 15 is 0 Å². The number of methoxy groups -OCH3 is 1. The predicted molar refractivity (Wildman–Crippen MR) is 52.5 cm³/mol. The second-order valence-corrected chi connectivity index (χ2v) is 5.19. The zero-order valence-electron chi connectivity index (χ0n) is 6.17. The van der Waals surface area contributed by atoms with E-state index < -0.39 is 10.8 Å². The molecule has 1 unspecified atom stereocenters. The quantitative estimate of drug-likeness (QED) is 0.781. The molecule has 0 radical (unpaired) electrons. The van der Waals surface area contributed by atoms with Gasteiger partial charge in [-0.2, -0.15) is 0 Å². The summed E-state index contributed by atoms with van der Waals surface area (Å²) in [6.07, 6.45) is 0. The molecule has 1 aromatic rings. The van der Waals surface area contributed by atoms with E-state index in [4.69, 9.17) is 4.74 Å². The fourth-order valence-corrected chi connectivity index (χ4v) is 4.19. The molecule has 0 bridgehead atoms. The third kappa shape index (κ3) is 1.11. The summed E-state index contributed by atoms with van der Waals surface area (Å²) in [7, 11) is 2.14. The van der Waals surface area contributed by atoms with E-state index in [2.05, 4.69) is 14.8 Å². The molecule has 1 aliphatic rings. The molecule has 1 atom stereocenters. The second kappa shape index (κ2) is 3.05. The van der Waals surface area contributed by atoms with Gasteiger partial charge in [-0.3, -0.25) is 0 Å². The summed E-state index contributed by atoms with van der Waals surface area (Å²) in [4.78, 5) is 2.78. The first-order chi connectivity index (χ1) is 5.79. The highest BCUT2D eigenvalue weighted by atomic mass is 79.9. The van der Waals surface area contributed by atoms with Crippen LogP contribution in [0.4, 0.5) is 0 Å². The summed E-state index contributed by atoms with van der Waals surface area (Å²) < 4.78 is 16.3. The van der Waals surface area contributed by atoms with Crippen LogP contribution in [0.2, 0.25) is 0 Å². The molecule has 1 aliphatic heterocycles. The number of rotatable bonds is 2. The van der Waals surface area contributed by atoms with Gasteiger partial charge < -0.3 is 4.74 Å². The standard InChI is InChI=1S/C7H5BrO2S2/c1-10-4-2-3-5-7(12(5)9)6(4)11-8/h2-3H,1H3. The van der Waals surface area contributed by atoms with Gasteiger partial charge in [0.05, 0.1) is 32.6 Å². The molecule has 0 saturated heterocycles. The van der Waals surface area contributed by atoms with Crippen molar-refractivity contribution in [2.24, 2.45) is 0 Å². The van der Waals surface area contributed by atoms with Crippen LogP contribution >= 0.6 is 25.0 Å². The van der Waals surface area contributed by atoms with Crippen LogP contribution in [0.25, 0.3) is 0 Å². The van der Waals surface area contributed by atoms with E-state index in [9.17, 15) is 4.21 Å². The van der Waals surface area contributed by atoms with Crippen molar-refractivity contribution in [3.63, 3.8) is 0 Å². The molecule has 1 heterocycles. The van der Waals surface area contributed by atoms with E-state index in [-0.39, 0.29) is 0 Å². The Kier molecular flexibility index (Phi) is 2.18. The molecule has 2 nitrogen and oxygen atoms in total. The summed E-state index contributed by atoms with van der Waals surface area (Å²) >= 11 is 3.26. The molecule has 0 aromatic heterocycles. The van der Waals surface area contributed by atoms with Crippen molar-refractivity contribution in [2.75, 3.05) is 7.11 Å². The van der Waals surface area contributed by atoms with Crippen LogP contribution in [0.5, 0.6) is 5.75 Å². The van der Waals surface area contributed by atoms with Gasteiger partial charge in [-0.1, -0.05) is 0 Å². The molecule has 64 valence electrons. The van der Waals surface area contributed by atoms with Crippen molar-refractivity contribution in [1.82, 2.24) is 0 Å². The first kappa shape index (κ1) is 8.59. The van der Waals surface area contributed by atoms with Crippen molar-refractivity contribution in [3.8, 4) is 5.75 Å². The third-order valence-corrected chi connectivity index (χ3v) is 4.67. The van der Waals surface area contributed by atoms with Gasteiger partial charge >= 0.3 is 0 Å². The smallest absolute Gasteiger partial charge is 0.134 e. The predicted octanol–water partition coefficient (Wildman–Crippen LogP) is 2.58. The number of halogens is 1. The summed E-state index contributed by atoms with van der Waals surface area (Å²) in [6.45, 7) is 0. The van der Waals surface area contributed by atoms with Gasteiger partial charge in [-0.25, -0.2) is 4.21 Å². The van der Waals surface area contributed by atoms with Gasteiger partial charge in [0.15, 0.2) is 0 Å². The Morgan fingerprint density at radius 2 is 2.33 bits per heavy atom. The van der Waals surface area contributed by atoms with Crippen molar-refractivity contribution in [3.05, 3.63) is 12.1 Å². The van der Waals surface area contributed by atoms with E-state index in [0.29, 0.717) is 0 Å². The highest BCUT2D eigenvalue weighted by Crippen LogP contribution is 2.49. The Hall–Kier alpha value is -0.000000000000000167. The highest BCUT2D eigenvalue weighted by Gasteiger charge is 2.34. The maximum absolute atomic E-state index is 11.2. The maximum atomic E-state index is 11.2. The number of benzene rings is 1. The molecule has 5 heteroatoms. The minimum atomic E-state index is -0.869. The fourth-order valence-electron chi connectivity index (χ4n) is 1.05. The van der Waals surface area contributed by atoms with E-state index in [1.165, 1.54) is 10.2 Å². The molecular formula is C7H5BrO2S2. The van der Waals surface area contributed by atoms with E-state index in [0.717, 1.165) is 20.4 Å². The Morgan fingerprint density at radius 1 is 1.58 bits per heavy atom. The topological polar surface area (TPSA) is 26.3 Å². The summed E-state index contributed by atoms with van der Waals surface area (Å²) in [5, 5.41) is 0. The molecule has 0 spiro atoms. The van der Waals surface area contributed by atoms with Crippen molar-refractivity contribution < 1.29 is 8.95 Å². The van der Waals surface area contributed by atoms with E-state index in [1.54, 1.807) is 7.11 Å². The Bertz CT molecular complexity index is 365. The molecule has 0 amide bonds. The molecular weight excluding hydrogens is 260 g/mol. The van der Waals surface area contributed by atoms with Crippen molar-refractivity contribution in [2.45, 2.75) is 14.7 Å². The zero-order valence-corrected chi connectivity index (χ0v) is 9.38. The average molecular weight is 265 g/mol. The number of hydrogen-bond donors (Lipinski definition) is 0. The Labute approximate surface area is 84.3 Å². The lowest BCUT2D eigenvalue weighted by Crippen LogP contribution is -1.82. The van der Waals surface area contributed by atoms with Crippen molar-refractivity contribution in [1.29, 1.82) is 0 Å². The second-order valence-electron chi connectivity index (χ2n) is 2.27. The van der Waals surface area contributed by atoms with Crippen LogP contribution in [0.1, 0.15) is 0 Å². The lowest BCUT2D eigenvalue weighted by Gasteiger charge is -2.01. The van der Waals surface area contributed by atoms with Crippen LogP contribution in [0.3, 0.4) is 0 Å². The SMILES string of the molecule is COc1ccc2c(c1SBr)S2=O. The van der Waals surface area contributed by atoms with Crippen molar-refractivity contribution >= 4 is 35.8 Å². The molecule has 0 aliphatic carbocycles. The van der Waals surface area contributed by atoms with E-state index in [1.807, 2.05) is 12.1 Å². The molecule has 0 saturated carbocycles. The zero-order chi connectivity index (χ0) is 8.72. The van der Waals surface area contributed by atoms with Gasteiger partial charge in [0, 0.05) is 0 Å². The van der Waals surface area contributed by atoms with Crippen LogP contribution in [0, 0.1) is 0 Å². The molecule has 0 fully saturated rings. The van der Waals surface area contributed by atoms with Gasteiger partial charge in [0.25, 0.3) is 0 Å². The minimum Gasteiger partial charge on any atom is -0.496 e. The molecule has 0 N–H and O–H groups in total. The van der Waals surface area contributed by atoms with Gasteiger partial charge in [0.1, 0.15) is 5.75 Å². The summed E-state index contributed by atoms with van der Waals surface area (Å²) in [5.74, 6) is 0.779. The molecule has 1 aromatic carbocycles. The van der Waals surface area contributed by atoms with Crippen LogP contribution in [-0.2, 0) is 10.8 Å².